The van der Waals surface area contributed by atoms with E-state index in [-0.39, 0.29) is 48.6 Å². The van der Waals surface area contributed by atoms with Crippen LogP contribution in [0.3, 0.4) is 0 Å². The Labute approximate surface area is 254 Å². The molecule has 3 N–H and O–H groups in total. The van der Waals surface area contributed by atoms with E-state index < -0.39 is 24.1 Å². The van der Waals surface area contributed by atoms with Crippen LogP contribution in [0.25, 0.3) is 10.8 Å². The largest absolute Gasteiger partial charge is 0.461 e. The van der Waals surface area contributed by atoms with E-state index in [0.29, 0.717) is 24.3 Å². The standard InChI is InChI=1S/C35H45NO7/c1-5-22(3)34(39)43-31-17-21(2)16-26-11-10-23(4)30(33(26)31)15-14-28(37)19-29(20-32(38)36-41)42-35(40)27-13-12-24-8-6-7-9-25(24)18-27/h6-13,16,18,21-23,28-31,33,37,41H,5,14-15,17,19-20H2,1-4H3,(H,36,38)/t21-,22-,23-,28+,29-,30-,31-,33-/m0/s1. The maximum atomic E-state index is 13.0. The van der Waals surface area contributed by atoms with Gasteiger partial charge in [0, 0.05) is 12.3 Å². The highest BCUT2D eigenvalue weighted by molar-refractivity contribution is 5.95. The molecule has 2 aromatic rings. The van der Waals surface area contributed by atoms with Gasteiger partial charge in [0.15, 0.2) is 0 Å². The number of ether oxygens (including phenoxy) is 2. The van der Waals surface area contributed by atoms with Crippen LogP contribution in [0.2, 0.25) is 0 Å². The molecule has 0 fully saturated rings. The van der Waals surface area contributed by atoms with Gasteiger partial charge in [-0.15, -0.1) is 0 Å². The number of allylic oxidation sites excluding steroid dienone is 3. The summed E-state index contributed by atoms with van der Waals surface area (Å²) in [4.78, 5) is 37.8. The van der Waals surface area contributed by atoms with Gasteiger partial charge in [0.1, 0.15) is 12.2 Å². The Morgan fingerprint density at radius 1 is 1.09 bits per heavy atom. The molecule has 4 rings (SSSR count). The smallest absolute Gasteiger partial charge is 0.338 e. The molecule has 1 amide bonds. The zero-order chi connectivity index (χ0) is 31.1. The Bertz CT molecular complexity index is 1350. The van der Waals surface area contributed by atoms with Gasteiger partial charge in [-0.25, -0.2) is 10.3 Å². The molecule has 8 nitrogen and oxygen atoms in total. The average molecular weight is 592 g/mol. The van der Waals surface area contributed by atoms with E-state index in [1.54, 1.807) is 17.6 Å². The van der Waals surface area contributed by atoms with Crippen molar-refractivity contribution < 1.29 is 34.2 Å². The molecule has 2 aliphatic rings. The van der Waals surface area contributed by atoms with Crippen molar-refractivity contribution in [2.75, 3.05) is 0 Å². The van der Waals surface area contributed by atoms with Gasteiger partial charge in [0.25, 0.3) is 0 Å². The summed E-state index contributed by atoms with van der Waals surface area (Å²) >= 11 is 0. The fourth-order valence-corrected chi connectivity index (χ4v) is 6.42. The third-order valence-corrected chi connectivity index (χ3v) is 9.04. The highest BCUT2D eigenvalue weighted by atomic mass is 16.5. The molecule has 8 heteroatoms. The Balaban J connectivity index is 1.43. The molecule has 43 heavy (non-hydrogen) atoms. The number of fused-ring (bicyclic) bond motifs is 2. The van der Waals surface area contributed by atoms with Gasteiger partial charge >= 0.3 is 11.9 Å². The molecule has 8 atom stereocenters. The number of carbonyl (C=O) groups is 3. The normalized spacial score (nSPS) is 25.2. The van der Waals surface area contributed by atoms with E-state index in [0.717, 1.165) is 23.6 Å². The summed E-state index contributed by atoms with van der Waals surface area (Å²) in [6, 6.07) is 12.9. The number of hydroxylamine groups is 1. The average Bonchev–Trinajstić information content (AvgIpc) is 2.99. The first kappa shape index (κ1) is 32.4. The quantitative estimate of drug-likeness (QED) is 0.154. The van der Waals surface area contributed by atoms with E-state index in [1.807, 2.05) is 44.2 Å². The summed E-state index contributed by atoms with van der Waals surface area (Å²) in [6.07, 6.45) is 6.92. The minimum absolute atomic E-state index is 0.0399. The van der Waals surface area contributed by atoms with Crippen molar-refractivity contribution in [1.29, 1.82) is 0 Å². The van der Waals surface area contributed by atoms with Gasteiger partial charge in [-0.1, -0.05) is 76.3 Å². The number of aliphatic hydroxyl groups excluding tert-OH is 1. The van der Waals surface area contributed by atoms with Crippen molar-refractivity contribution in [1.82, 2.24) is 5.48 Å². The predicted molar refractivity (Wildman–Crippen MR) is 164 cm³/mol. The fraction of sp³-hybridized carbons (Fsp3) is 0.514. The summed E-state index contributed by atoms with van der Waals surface area (Å²) in [5.74, 6) is -0.934. The molecule has 0 unspecified atom stereocenters. The lowest BCUT2D eigenvalue weighted by atomic mass is 9.65. The molecule has 0 aliphatic heterocycles. The molecule has 0 saturated carbocycles. The van der Waals surface area contributed by atoms with Crippen LogP contribution in [0.5, 0.6) is 0 Å². The summed E-state index contributed by atoms with van der Waals surface area (Å²) in [5.41, 5.74) is 3.12. The number of benzene rings is 2. The Hall–Kier alpha value is -3.49. The number of nitrogens with one attached hydrogen (secondary N) is 1. The molecular formula is C35H45NO7. The van der Waals surface area contributed by atoms with Crippen LogP contribution in [0, 0.1) is 29.6 Å². The second kappa shape index (κ2) is 14.8. The monoisotopic (exact) mass is 591 g/mol. The van der Waals surface area contributed by atoms with Gasteiger partial charge in [-0.05, 0) is 71.9 Å². The molecular weight excluding hydrogens is 546 g/mol. The number of aliphatic hydroxyl groups is 1. The van der Waals surface area contributed by atoms with Crippen molar-refractivity contribution in [2.24, 2.45) is 29.6 Å². The number of rotatable bonds is 12. The summed E-state index contributed by atoms with van der Waals surface area (Å²) in [5, 5.41) is 22.1. The predicted octanol–water partition coefficient (Wildman–Crippen LogP) is 6.15. The number of hydrogen-bond acceptors (Lipinski definition) is 7. The minimum atomic E-state index is -0.931. The molecule has 0 aromatic heterocycles. The molecule has 0 radical (unpaired) electrons. The molecule has 0 heterocycles. The van der Waals surface area contributed by atoms with Crippen molar-refractivity contribution in [3.8, 4) is 0 Å². The minimum Gasteiger partial charge on any atom is -0.461 e. The maximum Gasteiger partial charge on any atom is 0.338 e. The summed E-state index contributed by atoms with van der Waals surface area (Å²) in [6.45, 7) is 8.16. The number of esters is 2. The van der Waals surface area contributed by atoms with Crippen LogP contribution < -0.4 is 5.48 Å². The Morgan fingerprint density at radius 3 is 2.56 bits per heavy atom. The van der Waals surface area contributed by atoms with Gasteiger partial charge in [0.05, 0.1) is 24.0 Å². The summed E-state index contributed by atoms with van der Waals surface area (Å²) in [7, 11) is 0. The van der Waals surface area contributed by atoms with E-state index in [4.69, 9.17) is 14.7 Å². The third kappa shape index (κ3) is 8.33. The fourth-order valence-electron chi connectivity index (χ4n) is 6.42. The SMILES string of the molecule is CC[C@H](C)C(=O)O[C@H]1C[C@@H](C)C=C2C=C[C@H](C)[C@H](CC[C@@H](O)C[C@@H](CC(=O)NO)OC(=O)c3ccc4ccccc4c3)[C@H]21. The van der Waals surface area contributed by atoms with Gasteiger partial charge in [-0.3, -0.25) is 14.8 Å². The van der Waals surface area contributed by atoms with Crippen LogP contribution in [-0.2, 0) is 19.1 Å². The first-order valence-electron chi connectivity index (χ1n) is 15.5. The second-order valence-corrected chi connectivity index (χ2v) is 12.4. The van der Waals surface area contributed by atoms with E-state index >= 15 is 0 Å². The molecule has 0 saturated heterocycles. The van der Waals surface area contributed by atoms with Crippen molar-refractivity contribution in [3.05, 3.63) is 71.8 Å². The molecule has 0 spiro atoms. The van der Waals surface area contributed by atoms with E-state index in [1.165, 1.54) is 5.57 Å². The second-order valence-electron chi connectivity index (χ2n) is 12.4. The van der Waals surface area contributed by atoms with Gasteiger partial charge in [0.2, 0.25) is 5.91 Å². The Kier molecular flexibility index (Phi) is 11.2. The van der Waals surface area contributed by atoms with Crippen molar-refractivity contribution in [2.45, 2.75) is 84.5 Å². The van der Waals surface area contributed by atoms with Crippen molar-refractivity contribution >= 4 is 28.6 Å². The molecule has 2 aromatic carbocycles. The lowest BCUT2D eigenvalue weighted by Gasteiger charge is -2.43. The van der Waals surface area contributed by atoms with Crippen LogP contribution >= 0.6 is 0 Å². The van der Waals surface area contributed by atoms with E-state index in [2.05, 4.69) is 32.1 Å². The zero-order valence-electron chi connectivity index (χ0n) is 25.6. The number of amides is 1. The highest BCUT2D eigenvalue weighted by Gasteiger charge is 2.41. The van der Waals surface area contributed by atoms with Gasteiger partial charge < -0.3 is 14.6 Å². The zero-order valence-corrected chi connectivity index (χ0v) is 25.6. The van der Waals surface area contributed by atoms with Gasteiger partial charge in [-0.2, -0.15) is 0 Å². The third-order valence-electron chi connectivity index (χ3n) is 9.04. The maximum absolute atomic E-state index is 13.0. The molecule has 2 aliphatic carbocycles. The molecule has 0 bridgehead atoms. The van der Waals surface area contributed by atoms with Crippen LogP contribution in [0.4, 0.5) is 0 Å². The van der Waals surface area contributed by atoms with Crippen LogP contribution in [-0.4, -0.2) is 46.5 Å². The topological polar surface area (TPSA) is 122 Å². The lowest BCUT2D eigenvalue weighted by Crippen LogP contribution is -2.41. The number of hydrogen-bond donors (Lipinski definition) is 3. The summed E-state index contributed by atoms with van der Waals surface area (Å²) < 4.78 is 11.8. The number of carbonyl (C=O) groups excluding carboxylic acids is 3. The van der Waals surface area contributed by atoms with Crippen LogP contribution in [0.1, 0.15) is 76.6 Å². The van der Waals surface area contributed by atoms with E-state index in [9.17, 15) is 19.5 Å². The molecule has 232 valence electrons. The van der Waals surface area contributed by atoms with Crippen LogP contribution in [0.15, 0.2) is 66.3 Å². The first-order valence-corrected chi connectivity index (χ1v) is 15.5. The lowest BCUT2D eigenvalue weighted by molar-refractivity contribution is -0.158. The first-order chi connectivity index (χ1) is 20.6. The highest BCUT2D eigenvalue weighted by Crippen LogP contribution is 2.45. The van der Waals surface area contributed by atoms with Crippen molar-refractivity contribution in [3.63, 3.8) is 0 Å². The Morgan fingerprint density at radius 2 is 1.84 bits per heavy atom.